The van der Waals surface area contributed by atoms with E-state index in [0.717, 1.165) is 27.9 Å². The van der Waals surface area contributed by atoms with Crippen LogP contribution in [0.1, 0.15) is 43.9 Å². The molecule has 6 heteroatoms. The summed E-state index contributed by atoms with van der Waals surface area (Å²) in [6.07, 6.45) is 2.73. The third kappa shape index (κ3) is 8.31. The summed E-state index contributed by atoms with van der Waals surface area (Å²) in [6, 6.07) is 20.2. The van der Waals surface area contributed by atoms with Gasteiger partial charge in [0.05, 0.1) is 12.3 Å². The van der Waals surface area contributed by atoms with E-state index in [4.69, 9.17) is 9.47 Å². The van der Waals surface area contributed by atoms with E-state index in [2.05, 4.69) is 10.3 Å². The molecule has 0 aliphatic carbocycles. The second-order valence-corrected chi connectivity index (χ2v) is 9.37. The fourth-order valence-electron chi connectivity index (χ4n) is 3.97. The number of hydrogen-bond donors (Lipinski definition) is 1. The molecule has 0 radical (unpaired) electrons. The van der Waals surface area contributed by atoms with Crippen LogP contribution in [0.15, 0.2) is 72.9 Å². The molecule has 0 saturated carbocycles. The van der Waals surface area contributed by atoms with Crippen molar-refractivity contribution in [3.63, 3.8) is 0 Å². The molecule has 0 saturated heterocycles. The fraction of sp³-hybridized carbons (Fsp3) is 0.367. The molecule has 0 aliphatic heterocycles. The number of benzene rings is 2. The summed E-state index contributed by atoms with van der Waals surface area (Å²) >= 11 is 0. The molecule has 1 aromatic heterocycles. The minimum Gasteiger partial charge on any atom is -0.465 e. The molecule has 2 atom stereocenters. The van der Waals surface area contributed by atoms with Crippen molar-refractivity contribution >= 4 is 11.9 Å². The number of esters is 2. The summed E-state index contributed by atoms with van der Waals surface area (Å²) in [4.78, 5) is 30.3. The highest BCUT2D eigenvalue weighted by Gasteiger charge is 2.29. The summed E-state index contributed by atoms with van der Waals surface area (Å²) in [7, 11) is 0. The van der Waals surface area contributed by atoms with E-state index >= 15 is 0 Å². The van der Waals surface area contributed by atoms with E-state index in [0.29, 0.717) is 12.8 Å². The predicted molar refractivity (Wildman–Crippen MR) is 141 cm³/mol. The van der Waals surface area contributed by atoms with Crippen LogP contribution in [0, 0.1) is 12.8 Å². The van der Waals surface area contributed by atoms with Crippen molar-refractivity contribution in [2.45, 2.75) is 59.2 Å². The Labute approximate surface area is 214 Å². The van der Waals surface area contributed by atoms with Crippen LogP contribution >= 0.6 is 0 Å². The number of carbonyl (C=O) groups excluding carboxylic acids is 2. The lowest BCUT2D eigenvalue weighted by Crippen LogP contribution is -2.50. The lowest BCUT2D eigenvalue weighted by atomic mass is 9.99. The van der Waals surface area contributed by atoms with Gasteiger partial charge in [-0.3, -0.25) is 19.9 Å². The number of nitrogens with zero attached hydrogens (tertiary/aromatic N) is 1. The average molecular weight is 489 g/mol. The van der Waals surface area contributed by atoms with Crippen molar-refractivity contribution in [2.24, 2.45) is 5.92 Å². The van der Waals surface area contributed by atoms with Crippen LogP contribution in [0.4, 0.5) is 0 Å². The number of carbonyl (C=O) groups is 2. The van der Waals surface area contributed by atoms with Crippen LogP contribution in [0.2, 0.25) is 0 Å². The van der Waals surface area contributed by atoms with Gasteiger partial charge in [-0.2, -0.15) is 0 Å². The summed E-state index contributed by atoms with van der Waals surface area (Å²) < 4.78 is 10.9. The summed E-state index contributed by atoms with van der Waals surface area (Å²) in [5.41, 5.74) is 4.92. The number of nitrogens with one attached hydrogen (secondary N) is 1. The zero-order chi connectivity index (χ0) is 25.9. The van der Waals surface area contributed by atoms with Crippen LogP contribution in [-0.2, 0) is 32.1 Å². The lowest BCUT2D eigenvalue weighted by Gasteiger charge is -2.25. The van der Waals surface area contributed by atoms with E-state index in [1.165, 1.54) is 0 Å². The smallest absolute Gasteiger partial charge is 0.323 e. The van der Waals surface area contributed by atoms with Crippen molar-refractivity contribution in [3.8, 4) is 11.3 Å². The first-order valence-corrected chi connectivity index (χ1v) is 12.5. The molecule has 0 bridgehead atoms. The van der Waals surface area contributed by atoms with Gasteiger partial charge in [0, 0.05) is 11.8 Å². The molecule has 0 spiro atoms. The molecule has 36 heavy (non-hydrogen) atoms. The average Bonchev–Trinajstić information content (AvgIpc) is 2.87. The number of hydrogen-bond acceptors (Lipinski definition) is 6. The Morgan fingerprint density at radius 2 is 1.58 bits per heavy atom. The monoisotopic (exact) mass is 488 g/mol. The maximum atomic E-state index is 13.0. The molecular formula is C30H36N2O4. The number of pyridine rings is 1. The molecule has 0 aliphatic rings. The lowest BCUT2D eigenvalue weighted by molar-refractivity contribution is -0.150. The molecule has 0 fully saturated rings. The molecule has 1 N–H and O–H groups in total. The van der Waals surface area contributed by atoms with Crippen molar-refractivity contribution in [1.29, 1.82) is 0 Å². The van der Waals surface area contributed by atoms with Gasteiger partial charge in [-0.1, -0.05) is 68.4 Å². The minimum atomic E-state index is -0.680. The molecule has 2 unspecified atom stereocenters. The Balaban J connectivity index is 1.73. The fourth-order valence-corrected chi connectivity index (χ4v) is 3.97. The van der Waals surface area contributed by atoms with Gasteiger partial charge in [-0.05, 0) is 61.4 Å². The highest BCUT2D eigenvalue weighted by atomic mass is 16.5. The molecule has 2 aromatic carbocycles. The Kier molecular flexibility index (Phi) is 10.2. The van der Waals surface area contributed by atoms with Crippen LogP contribution in [0.3, 0.4) is 0 Å². The van der Waals surface area contributed by atoms with Crippen LogP contribution in [0.5, 0.6) is 0 Å². The van der Waals surface area contributed by atoms with Gasteiger partial charge >= 0.3 is 11.9 Å². The zero-order valence-corrected chi connectivity index (χ0v) is 21.6. The van der Waals surface area contributed by atoms with Crippen molar-refractivity contribution < 1.29 is 19.1 Å². The molecule has 3 rings (SSSR count). The first-order chi connectivity index (χ1) is 17.4. The normalized spacial score (nSPS) is 12.7. The van der Waals surface area contributed by atoms with Gasteiger partial charge in [-0.15, -0.1) is 0 Å². The quantitative estimate of drug-likeness (QED) is 0.350. The second-order valence-electron chi connectivity index (χ2n) is 9.37. The van der Waals surface area contributed by atoms with Gasteiger partial charge in [0.2, 0.25) is 0 Å². The largest absolute Gasteiger partial charge is 0.465 e. The topological polar surface area (TPSA) is 77.5 Å². The van der Waals surface area contributed by atoms with E-state index in [1.54, 1.807) is 13.1 Å². The first-order valence-electron chi connectivity index (χ1n) is 12.5. The molecular weight excluding hydrogens is 452 g/mol. The number of aromatic nitrogens is 1. The molecule has 190 valence electrons. The summed E-state index contributed by atoms with van der Waals surface area (Å²) in [6.45, 7) is 8.34. The number of ether oxygens (including phenoxy) is 2. The third-order valence-corrected chi connectivity index (χ3v) is 5.79. The van der Waals surface area contributed by atoms with Crippen molar-refractivity contribution in [3.05, 3.63) is 89.6 Å². The SMILES string of the molecule is CCOC(=O)C(Cc1ccc(-c2cc(C)ccn2)cc1)NC(CC(C)C)C(=O)OCc1ccccc1. The van der Waals surface area contributed by atoms with Crippen LogP contribution < -0.4 is 5.32 Å². The number of aryl methyl sites for hydroxylation is 1. The Hall–Kier alpha value is -3.51. The number of rotatable bonds is 12. The zero-order valence-electron chi connectivity index (χ0n) is 21.6. The standard InChI is InChI=1S/C30H36N2O4/c1-5-35-29(33)28(19-23-11-13-25(14-12-23)26-18-22(4)15-16-31-26)32-27(17-21(2)3)30(34)36-20-24-9-7-6-8-10-24/h6-16,18,21,27-28,32H,5,17,19-20H2,1-4H3. The van der Waals surface area contributed by atoms with Crippen LogP contribution in [0.25, 0.3) is 11.3 Å². The minimum absolute atomic E-state index is 0.189. The molecule has 1 heterocycles. The predicted octanol–water partition coefficient (Wildman–Crippen LogP) is 5.28. The highest BCUT2D eigenvalue weighted by Crippen LogP contribution is 2.20. The highest BCUT2D eigenvalue weighted by molar-refractivity contribution is 5.80. The van der Waals surface area contributed by atoms with Gasteiger partial charge < -0.3 is 9.47 Å². The molecule has 6 nitrogen and oxygen atoms in total. The van der Waals surface area contributed by atoms with E-state index in [-0.39, 0.29) is 31.1 Å². The van der Waals surface area contributed by atoms with Gasteiger partial charge in [0.15, 0.2) is 0 Å². The van der Waals surface area contributed by atoms with Gasteiger partial charge in [-0.25, -0.2) is 0 Å². The first kappa shape index (κ1) is 27.1. The van der Waals surface area contributed by atoms with Gasteiger partial charge in [0.25, 0.3) is 0 Å². The van der Waals surface area contributed by atoms with Crippen molar-refractivity contribution in [1.82, 2.24) is 10.3 Å². The maximum Gasteiger partial charge on any atom is 0.323 e. The van der Waals surface area contributed by atoms with Gasteiger partial charge in [0.1, 0.15) is 18.7 Å². The summed E-state index contributed by atoms with van der Waals surface area (Å²) in [5.74, 6) is -0.523. The Morgan fingerprint density at radius 3 is 2.22 bits per heavy atom. The van der Waals surface area contributed by atoms with Crippen LogP contribution in [-0.4, -0.2) is 35.6 Å². The molecule has 0 amide bonds. The Morgan fingerprint density at radius 1 is 0.889 bits per heavy atom. The van der Waals surface area contributed by atoms with Crippen molar-refractivity contribution in [2.75, 3.05) is 6.61 Å². The van der Waals surface area contributed by atoms with E-state index in [1.807, 2.05) is 87.5 Å². The second kappa shape index (κ2) is 13.5. The third-order valence-electron chi connectivity index (χ3n) is 5.79. The summed E-state index contributed by atoms with van der Waals surface area (Å²) in [5, 5.41) is 3.25. The Bertz CT molecular complexity index is 1110. The molecule has 3 aromatic rings. The van der Waals surface area contributed by atoms with E-state index in [9.17, 15) is 9.59 Å². The van der Waals surface area contributed by atoms with E-state index < -0.39 is 12.1 Å². The maximum absolute atomic E-state index is 13.0.